The van der Waals surface area contributed by atoms with Gasteiger partial charge in [-0.1, -0.05) is 17.7 Å². The van der Waals surface area contributed by atoms with Crippen molar-refractivity contribution in [3.05, 3.63) is 29.3 Å². The molecule has 0 spiro atoms. The van der Waals surface area contributed by atoms with Gasteiger partial charge in [-0.3, -0.25) is 14.4 Å². The zero-order valence-corrected chi connectivity index (χ0v) is 21.6. The number of benzene rings is 1. The maximum absolute atomic E-state index is 13.5. The first-order valence-electron chi connectivity index (χ1n) is 13.1. The maximum atomic E-state index is 13.5. The number of likely N-dealkylation sites (tertiary alicyclic amines) is 3. The fourth-order valence-corrected chi connectivity index (χ4v) is 5.96. The van der Waals surface area contributed by atoms with Crippen LogP contribution in [0.1, 0.15) is 58.3 Å². The highest BCUT2D eigenvalue weighted by Crippen LogP contribution is 2.37. The first-order valence-corrected chi connectivity index (χ1v) is 13.4. The molecule has 0 N–H and O–H groups in total. The van der Waals surface area contributed by atoms with Gasteiger partial charge < -0.3 is 19.4 Å². The van der Waals surface area contributed by atoms with Crippen LogP contribution >= 0.6 is 11.6 Å². The summed E-state index contributed by atoms with van der Waals surface area (Å²) in [5.41, 5.74) is -0.426. The Hall–Kier alpha value is -2.28. The number of nitrogens with zero attached hydrogens (tertiary/aromatic N) is 3. The van der Waals surface area contributed by atoms with Gasteiger partial charge in [0.25, 0.3) is 0 Å². The van der Waals surface area contributed by atoms with Crippen molar-refractivity contribution in [3.63, 3.8) is 0 Å². The monoisotopic (exact) mass is 503 g/mol. The third-order valence-electron chi connectivity index (χ3n) is 7.84. The van der Waals surface area contributed by atoms with Crippen LogP contribution < -0.4 is 4.74 Å². The SMILES string of the molecule is CC(=O)N1CCC(C(=O)N2CCC[C@](COc3cccc(Cl)c3)(CC(=O)N3CCCCC3)C2)CC1. The zero-order valence-electron chi connectivity index (χ0n) is 20.8. The van der Waals surface area contributed by atoms with Gasteiger partial charge in [-0.25, -0.2) is 0 Å². The van der Waals surface area contributed by atoms with Crippen LogP contribution in [0.25, 0.3) is 0 Å². The fourth-order valence-electron chi connectivity index (χ4n) is 5.78. The summed E-state index contributed by atoms with van der Waals surface area (Å²) in [6.45, 7) is 6.11. The van der Waals surface area contributed by atoms with Crippen molar-refractivity contribution in [2.75, 3.05) is 45.9 Å². The molecule has 1 aromatic rings. The molecule has 0 radical (unpaired) electrons. The molecule has 7 nitrogen and oxygen atoms in total. The minimum Gasteiger partial charge on any atom is -0.493 e. The first-order chi connectivity index (χ1) is 16.8. The molecule has 3 saturated heterocycles. The molecule has 4 rings (SSSR count). The summed E-state index contributed by atoms with van der Waals surface area (Å²) in [7, 11) is 0. The summed E-state index contributed by atoms with van der Waals surface area (Å²) < 4.78 is 6.19. The van der Waals surface area contributed by atoms with Crippen molar-refractivity contribution in [1.29, 1.82) is 0 Å². The molecule has 3 fully saturated rings. The Bertz CT molecular complexity index is 911. The van der Waals surface area contributed by atoms with Crippen molar-refractivity contribution in [3.8, 4) is 5.75 Å². The molecule has 3 aliphatic heterocycles. The van der Waals surface area contributed by atoms with Gasteiger partial charge in [-0.15, -0.1) is 0 Å². The highest BCUT2D eigenvalue weighted by molar-refractivity contribution is 6.30. The maximum Gasteiger partial charge on any atom is 0.225 e. The predicted octanol–water partition coefficient (Wildman–Crippen LogP) is 3.99. The van der Waals surface area contributed by atoms with Crippen LogP contribution in [0.15, 0.2) is 24.3 Å². The Morgan fingerprint density at radius 3 is 2.37 bits per heavy atom. The largest absolute Gasteiger partial charge is 0.493 e. The number of carbonyl (C=O) groups is 3. The lowest BCUT2D eigenvalue weighted by molar-refractivity contribution is -0.146. The van der Waals surface area contributed by atoms with Gasteiger partial charge in [0, 0.05) is 69.0 Å². The summed E-state index contributed by atoms with van der Waals surface area (Å²) in [5.74, 6) is 1.02. The summed E-state index contributed by atoms with van der Waals surface area (Å²) >= 11 is 6.15. The molecule has 0 unspecified atom stereocenters. The average molecular weight is 504 g/mol. The minimum atomic E-state index is -0.426. The van der Waals surface area contributed by atoms with E-state index in [1.807, 2.05) is 32.9 Å². The van der Waals surface area contributed by atoms with Crippen molar-refractivity contribution in [1.82, 2.24) is 14.7 Å². The smallest absolute Gasteiger partial charge is 0.225 e. The summed E-state index contributed by atoms with van der Waals surface area (Å²) in [6, 6.07) is 7.33. The number of rotatable bonds is 6. The molecule has 1 atom stereocenters. The predicted molar refractivity (Wildman–Crippen MR) is 135 cm³/mol. The van der Waals surface area contributed by atoms with Gasteiger partial charge in [0.1, 0.15) is 5.75 Å². The second-order valence-electron chi connectivity index (χ2n) is 10.5. The topological polar surface area (TPSA) is 70.2 Å². The molecule has 3 aliphatic rings. The van der Waals surface area contributed by atoms with E-state index in [9.17, 15) is 14.4 Å². The summed E-state index contributed by atoms with van der Waals surface area (Å²) in [6.07, 6.45) is 6.78. The van der Waals surface area contributed by atoms with Crippen molar-refractivity contribution in [2.24, 2.45) is 11.3 Å². The van der Waals surface area contributed by atoms with E-state index in [4.69, 9.17) is 16.3 Å². The molecule has 192 valence electrons. The molecular weight excluding hydrogens is 466 g/mol. The van der Waals surface area contributed by atoms with E-state index in [1.165, 1.54) is 6.42 Å². The van der Waals surface area contributed by atoms with E-state index in [-0.39, 0.29) is 23.6 Å². The minimum absolute atomic E-state index is 0.0620. The number of ether oxygens (including phenoxy) is 1. The van der Waals surface area contributed by atoms with E-state index in [1.54, 1.807) is 13.0 Å². The van der Waals surface area contributed by atoms with Crippen molar-refractivity contribution < 1.29 is 19.1 Å². The second-order valence-corrected chi connectivity index (χ2v) is 10.9. The number of hydrogen-bond donors (Lipinski definition) is 0. The van der Waals surface area contributed by atoms with Gasteiger partial charge in [0.2, 0.25) is 17.7 Å². The normalized spacial score (nSPS) is 23.8. The molecule has 0 aliphatic carbocycles. The zero-order chi connectivity index (χ0) is 24.8. The Labute approximate surface area is 213 Å². The van der Waals surface area contributed by atoms with E-state index >= 15 is 0 Å². The van der Waals surface area contributed by atoms with E-state index in [0.717, 1.165) is 38.8 Å². The van der Waals surface area contributed by atoms with Crippen LogP contribution in [-0.4, -0.2) is 78.3 Å². The third kappa shape index (κ3) is 6.69. The van der Waals surface area contributed by atoms with Gasteiger partial charge in [-0.05, 0) is 63.1 Å². The number of piperidine rings is 3. The van der Waals surface area contributed by atoms with Gasteiger partial charge in [0.05, 0.1) is 6.61 Å². The number of hydrogen-bond acceptors (Lipinski definition) is 4. The highest BCUT2D eigenvalue weighted by Gasteiger charge is 2.42. The van der Waals surface area contributed by atoms with E-state index in [2.05, 4.69) is 0 Å². The van der Waals surface area contributed by atoms with Crippen molar-refractivity contribution in [2.45, 2.75) is 58.3 Å². The van der Waals surface area contributed by atoms with Crippen LogP contribution in [0.2, 0.25) is 5.02 Å². The molecule has 3 heterocycles. The molecular formula is C27H38ClN3O4. The Morgan fingerprint density at radius 1 is 0.971 bits per heavy atom. The van der Waals surface area contributed by atoms with E-state index in [0.29, 0.717) is 62.8 Å². The fraction of sp³-hybridized carbons (Fsp3) is 0.667. The quantitative estimate of drug-likeness (QED) is 0.588. The van der Waals surface area contributed by atoms with Gasteiger partial charge in [0.15, 0.2) is 0 Å². The number of carbonyl (C=O) groups excluding carboxylic acids is 3. The standard InChI is InChI=1S/C27H38ClN3O4/c1-21(32)29-15-9-22(10-16-29)26(34)31-14-6-11-27(19-31,18-25(33)30-12-3-2-4-13-30)20-35-24-8-5-7-23(28)17-24/h5,7-8,17,22H,2-4,6,9-16,18-20H2,1H3/t27-/m0/s1. The number of amides is 3. The molecule has 35 heavy (non-hydrogen) atoms. The third-order valence-corrected chi connectivity index (χ3v) is 8.07. The summed E-state index contributed by atoms with van der Waals surface area (Å²) in [4.78, 5) is 44.3. The molecule has 0 aromatic heterocycles. The van der Waals surface area contributed by atoms with Crippen LogP contribution in [0.4, 0.5) is 0 Å². The first kappa shape index (κ1) is 25.8. The Morgan fingerprint density at radius 2 is 1.69 bits per heavy atom. The highest BCUT2D eigenvalue weighted by atomic mass is 35.5. The lowest BCUT2D eigenvalue weighted by Gasteiger charge is -2.44. The van der Waals surface area contributed by atoms with Crippen LogP contribution in [-0.2, 0) is 14.4 Å². The Kier molecular flexibility index (Phi) is 8.58. The molecule has 1 aromatic carbocycles. The van der Waals surface area contributed by atoms with Crippen LogP contribution in [0.3, 0.4) is 0 Å². The lowest BCUT2D eigenvalue weighted by atomic mass is 9.76. The van der Waals surface area contributed by atoms with Crippen molar-refractivity contribution >= 4 is 29.3 Å². The average Bonchev–Trinajstić information content (AvgIpc) is 2.88. The van der Waals surface area contributed by atoms with Gasteiger partial charge >= 0.3 is 0 Å². The van der Waals surface area contributed by atoms with E-state index < -0.39 is 5.41 Å². The molecule has 3 amide bonds. The van der Waals surface area contributed by atoms with Gasteiger partial charge in [-0.2, -0.15) is 0 Å². The lowest BCUT2D eigenvalue weighted by Crippen LogP contribution is -2.53. The number of halogens is 1. The Balaban J connectivity index is 1.46. The second kappa shape index (κ2) is 11.6. The van der Waals surface area contributed by atoms with Crippen LogP contribution in [0, 0.1) is 11.3 Å². The molecule has 0 bridgehead atoms. The van der Waals surface area contributed by atoms with Crippen LogP contribution in [0.5, 0.6) is 5.75 Å². The molecule has 8 heteroatoms. The summed E-state index contributed by atoms with van der Waals surface area (Å²) in [5, 5.41) is 0.610. The molecule has 0 saturated carbocycles.